The van der Waals surface area contributed by atoms with Gasteiger partial charge in [-0.2, -0.15) is 0 Å². The summed E-state index contributed by atoms with van der Waals surface area (Å²) in [5.74, 6) is -4.04. The summed E-state index contributed by atoms with van der Waals surface area (Å²) in [6.07, 6.45) is 0. The SMILES string of the molecule is O=S(=O)(NCc1ccc2c(c1)OCCO2)c1ccc(F)c(F)c1F. The number of rotatable bonds is 4. The van der Waals surface area contributed by atoms with E-state index in [4.69, 9.17) is 9.47 Å². The summed E-state index contributed by atoms with van der Waals surface area (Å²) in [6.45, 7) is 0.619. The zero-order chi connectivity index (χ0) is 17.3. The van der Waals surface area contributed by atoms with Gasteiger partial charge in [-0.1, -0.05) is 6.07 Å². The molecule has 128 valence electrons. The Balaban J connectivity index is 1.80. The summed E-state index contributed by atoms with van der Waals surface area (Å²) in [5.41, 5.74) is 0.533. The van der Waals surface area contributed by atoms with E-state index in [1.165, 1.54) is 0 Å². The van der Waals surface area contributed by atoms with E-state index in [0.29, 0.717) is 42.4 Å². The van der Waals surface area contributed by atoms with E-state index in [9.17, 15) is 21.6 Å². The Hall–Kier alpha value is -2.26. The van der Waals surface area contributed by atoms with Gasteiger partial charge in [-0.25, -0.2) is 26.3 Å². The Kier molecular flexibility index (Phi) is 4.37. The Morgan fingerprint density at radius 2 is 1.67 bits per heavy atom. The van der Waals surface area contributed by atoms with Crippen LogP contribution in [0.15, 0.2) is 35.2 Å². The van der Waals surface area contributed by atoms with Crippen LogP contribution < -0.4 is 14.2 Å². The molecule has 1 aliphatic rings. The van der Waals surface area contributed by atoms with Crippen molar-refractivity contribution in [1.82, 2.24) is 4.72 Å². The van der Waals surface area contributed by atoms with E-state index in [2.05, 4.69) is 4.72 Å². The van der Waals surface area contributed by atoms with E-state index in [0.717, 1.165) is 0 Å². The second kappa shape index (κ2) is 6.33. The molecular formula is C15H12F3NO4S. The van der Waals surface area contributed by atoms with Crippen LogP contribution in [0.25, 0.3) is 0 Å². The summed E-state index contributed by atoms with van der Waals surface area (Å²) in [6, 6.07) is 6.03. The average Bonchev–Trinajstić information content (AvgIpc) is 2.57. The number of hydrogen-bond acceptors (Lipinski definition) is 4. The molecule has 0 saturated heterocycles. The molecule has 9 heteroatoms. The highest BCUT2D eigenvalue weighted by molar-refractivity contribution is 7.89. The van der Waals surface area contributed by atoms with Crippen LogP contribution in [-0.4, -0.2) is 21.6 Å². The Labute approximate surface area is 136 Å². The van der Waals surface area contributed by atoms with Crippen molar-refractivity contribution in [3.8, 4) is 11.5 Å². The number of sulfonamides is 1. The highest BCUT2D eigenvalue weighted by atomic mass is 32.2. The number of halogens is 3. The Morgan fingerprint density at radius 1 is 0.958 bits per heavy atom. The fraction of sp³-hybridized carbons (Fsp3) is 0.200. The van der Waals surface area contributed by atoms with Gasteiger partial charge in [-0.3, -0.25) is 0 Å². The summed E-state index contributed by atoms with van der Waals surface area (Å²) in [7, 11) is -4.35. The van der Waals surface area contributed by atoms with Crippen molar-refractivity contribution >= 4 is 10.0 Å². The molecule has 0 aliphatic carbocycles. The molecule has 0 unspecified atom stereocenters. The monoisotopic (exact) mass is 359 g/mol. The first-order chi connectivity index (χ1) is 11.4. The van der Waals surface area contributed by atoms with Crippen molar-refractivity contribution in [2.24, 2.45) is 0 Å². The number of hydrogen-bond donors (Lipinski definition) is 1. The molecule has 0 spiro atoms. The van der Waals surface area contributed by atoms with Gasteiger partial charge in [0.15, 0.2) is 29.0 Å². The molecule has 0 radical (unpaired) electrons. The molecule has 0 fully saturated rings. The van der Waals surface area contributed by atoms with Crippen LogP contribution in [-0.2, 0) is 16.6 Å². The van der Waals surface area contributed by atoms with Gasteiger partial charge in [0.1, 0.15) is 18.1 Å². The molecule has 24 heavy (non-hydrogen) atoms. The van der Waals surface area contributed by atoms with Crippen LogP contribution >= 0.6 is 0 Å². The van der Waals surface area contributed by atoms with E-state index >= 15 is 0 Å². The van der Waals surface area contributed by atoms with Crippen molar-refractivity contribution in [1.29, 1.82) is 0 Å². The van der Waals surface area contributed by atoms with E-state index in [1.54, 1.807) is 18.2 Å². The first-order valence-electron chi connectivity index (χ1n) is 6.90. The van der Waals surface area contributed by atoms with Gasteiger partial charge in [-0.05, 0) is 29.8 Å². The quantitative estimate of drug-likeness (QED) is 0.852. The van der Waals surface area contributed by atoms with E-state index in [1.807, 2.05) is 0 Å². The molecule has 2 aromatic rings. The lowest BCUT2D eigenvalue weighted by molar-refractivity contribution is 0.171. The van der Waals surface area contributed by atoms with Gasteiger partial charge in [-0.15, -0.1) is 0 Å². The van der Waals surface area contributed by atoms with Gasteiger partial charge < -0.3 is 9.47 Å². The normalized spacial score (nSPS) is 13.8. The Bertz CT molecular complexity index is 887. The minimum absolute atomic E-state index is 0.183. The lowest BCUT2D eigenvalue weighted by Crippen LogP contribution is -2.25. The van der Waals surface area contributed by atoms with Crippen molar-refractivity contribution in [2.45, 2.75) is 11.4 Å². The van der Waals surface area contributed by atoms with Gasteiger partial charge >= 0.3 is 0 Å². The lowest BCUT2D eigenvalue weighted by atomic mass is 10.2. The molecule has 3 rings (SSSR count). The van der Waals surface area contributed by atoms with E-state index in [-0.39, 0.29) is 6.54 Å². The van der Waals surface area contributed by atoms with Gasteiger partial charge in [0.2, 0.25) is 10.0 Å². The molecule has 0 atom stereocenters. The van der Waals surface area contributed by atoms with Crippen LogP contribution in [0.2, 0.25) is 0 Å². The summed E-state index contributed by atoms with van der Waals surface area (Å²) in [5, 5.41) is 0. The fourth-order valence-electron chi connectivity index (χ4n) is 2.17. The third kappa shape index (κ3) is 3.17. The largest absolute Gasteiger partial charge is 0.486 e. The molecule has 2 aromatic carbocycles. The number of ether oxygens (including phenoxy) is 2. The van der Waals surface area contributed by atoms with Gasteiger partial charge in [0.05, 0.1) is 0 Å². The maximum atomic E-state index is 13.6. The summed E-state index contributed by atoms with van der Waals surface area (Å²) in [4.78, 5) is -0.959. The highest BCUT2D eigenvalue weighted by Crippen LogP contribution is 2.30. The molecule has 0 saturated carbocycles. The molecule has 5 nitrogen and oxygen atoms in total. The third-order valence-corrected chi connectivity index (χ3v) is 4.78. The molecular weight excluding hydrogens is 347 g/mol. The molecule has 0 aromatic heterocycles. The topological polar surface area (TPSA) is 64.6 Å². The minimum atomic E-state index is -4.35. The molecule has 0 bridgehead atoms. The summed E-state index contributed by atoms with van der Waals surface area (Å²) < 4.78 is 76.8. The van der Waals surface area contributed by atoms with Crippen LogP contribution in [0.1, 0.15) is 5.56 Å². The lowest BCUT2D eigenvalue weighted by Gasteiger charge is -2.19. The fourth-order valence-corrected chi connectivity index (χ4v) is 3.25. The predicted octanol–water partition coefficient (Wildman–Crippen LogP) is 2.35. The van der Waals surface area contributed by atoms with Crippen molar-refractivity contribution in [3.05, 3.63) is 53.3 Å². The Morgan fingerprint density at radius 3 is 2.42 bits per heavy atom. The average molecular weight is 359 g/mol. The number of nitrogens with one attached hydrogen (secondary N) is 1. The van der Waals surface area contributed by atoms with Gasteiger partial charge in [0.25, 0.3) is 0 Å². The zero-order valence-electron chi connectivity index (χ0n) is 12.2. The van der Waals surface area contributed by atoms with E-state index < -0.39 is 32.4 Å². The molecule has 1 N–H and O–H groups in total. The molecule has 1 aliphatic heterocycles. The maximum absolute atomic E-state index is 13.6. The smallest absolute Gasteiger partial charge is 0.243 e. The van der Waals surface area contributed by atoms with Gasteiger partial charge in [0, 0.05) is 6.54 Å². The second-order valence-corrected chi connectivity index (χ2v) is 6.71. The van der Waals surface area contributed by atoms with Crippen molar-refractivity contribution in [2.75, 3.05) is 13.2 Å². The van der Waals surface area contributed by atoms with Crippen LogP contribution in [0.5, 0.6) is 11.5 Å². The van der Waals surface area contributed by atoms with Crippen molar-refractivity contribution < 1.29 is 31.1 Å². The maximum Gasteiger partial charge on any atom is 0.243 e. The molecule has 0 amide bonds. The standard InChI is InChI=1S/C15H12F3NO4S/c16-10-2-4-13(15(18)14(10)17)24(20,21)19-8-9-1-3-11-12(7-9)23-6-5-22-11/h1-4,7,19H,5-6,8H2. The zero-order valence-corrected chi connectivity index (χ0v) is 13.0. The van der Waals surface area contributed by atoms with Crippen molar-refractivity contribution in [3.63, 3.8) is 0 Å². The highest BCUT2D eigenvalue weighted by Gasteiger charge is 2.24. The number of fused-ring (bicyclic) bond motifs is 1. The second-order valence-electron chi connectivity index (χ2n) is 4.98. The summed E-state index contributed by atoms with van der Waals surface area (Å²) >= 11 is 0. The minimum Gasteiger partial charge on any atom is -0.486 e. The third-order valence-electron chi connectivity index (χ3n) is 3.36. The first-order valence-corrected chi connectivity index (χ1v) is 8.38. The first kappa shape index (κ1) is 16.6. The van der Waals surface area contributed by atoms with Crippen LogP contribution in [0.3, 0.4) is 0 Å². The number of benzene rings is 2. The van der Waals surface area contributed by atoms with Crippen LogP contribution in [0, 0.1) is 17.5 Å². The van der Waals surface area contributed by atoms with Crippen LogP contribution in [0.4, 0.5) is 13.2 Å². The molecule has 1 heterocycles. The predicted molar refractivity (Wildman–Crippen MR) is 77.8 cm³/mol.